The molecule has 1 atom stereocenters. The summed E-state index contributed by atoms with van der Waals surface area (Å²) in [5.74, 6) is -1.28. The first-order valence-electron chi connectivity index (χ1n) is 6.98. The average Bonchev–Trinajstić information content (AvgIpc) is 2.98. The molecule has 5 nitrogen and oxygen atoms in total. The Labute approximate surface area is 122 Å². The molecule has 1 unspecified atom stereocenters. The molecule has 1 N–H and O–H groups in total. The van der Waals surface area contributed by atoms with Crippen LogP contribution in [0.5, 0.6) is 0 Å². The fraction of sp³-hybridized carbons (Fsp3) is 0.312. The van der Waals surface area contributed by atoms with Crippen LogP contribution in [0.3, 0.4) is 0 Å². The van der Waals surface area contributed by atoms with Gasteiger partial charge in [0.1, 0.15) is 0 Å². The predicted molar refractivity (Wildman–Crippen MR) is 77.8 cm³/mol. The summed E-state index contributed by atoms with van der Waals surface area (Å²) in [7, 11) is 0. The van der Waals surface area contributed by atoms with Crippen LogP contribution >= 0.6 is 0 Å². The molecule has 21 heavy (non-hydrogen) atoms. The number of carboxylic acids is 1. The van der Waals surface area contributed by atoms with Crippen molar-refractivity contribution in [3.05, 3.63) is 42.1 Å². The van der Waals surface area contributed by atoms with Crippen molar-refractivity contribution in [2.24, 2.45) is 5.92 Å². The van der Waals surface area contributed by atoms with Gasteiger partial charge in [-0.05, 0) is 18.1 Å². The highest BCUT2D eigenvalue weighted by Gasteiger charge is 2.30. The number of carbonyl (C=O) groups is 2. The molecular formula is C16H16N2O3. The van der Waals surface area contributed by atoms with E-state index in [1.54, 1.807) is 11.1 Å². The molecule has 0 bridgehead atoms. The van der Waals surface area contributed by atoms with Crippen LogP contribution in [0.2, 0.25) is 0 Å². The number of aromatic nitrogens is 1. The van der Waals surface area contributed by atoms with Crippen LogP contribution in [-0.2, 0) is 16.0 Å². The predicted octanol–water partition coefficient (Wildman–Crippen LogP) is 1.71. The van der Waals surface area contributed by atoms with Crippen molar-refractivity contribution in [1.29, 1.82) is 0 Å². The highest BCUT2D eigenvalue weighted by Crippen LogP contribution is 2.20. The summed E-state index contributed by atoms with van der Waals surface area (Å²) in [6, 6.07) is 9.61. The van der Waals surface area contributed by atoms with Crippen molar-refractivity contribution in [3.63, 3.8) is 0 Å². The number of para-hydroxylation sites is 1. The van der Waals surface area contributed by atoms with Crippen molar-refractivity contribution in [1.82, 2.24) is 9.88 Å². The van der Waals surface area contributed by atoms with E-state index in [1.807, 2.05) is 30.3 Å². The Kier molecular flexibility index (Phi) is 3.56. The Bertz CT molecular complexity index is 693. The lowest BCUT2D eigenvalue weighted by Crippen LogP contribution is -2.31. The summed E-state index contributed by atoms with van der Waals surface area (Å²) in [6.07, 6.45) is 2.52. The number of aliphatic carboxylic acids is 1. The number of hydrogen-bond donors (Lipinski definition) is 1. The number of fused-ring (bicyclic) bond motifs is 1. The van der Waals surface area contributed by atoms with Gasteiger partial charge in [-0.1, -0.05) is 24.3 Å². The summed E-state index contributed by atoms with van der Waals surface area (Å²) < 4.78 is 0. The number of nitrogens with zero attached hydrogens (tertiary/aromatic N) is 2. The highest BCUT2D eigenvalue weighted by molar-refractivity contribution is 5.88. The van der Waals surface area contributed by atoms with Gasteiger partial charge in [-0.2, -0.15) is 0 Å². The van der Waals surface area contributed by atoms with Crippen LogP contribution in [-0.4, -0.2) is 40.0 Å². The second-order valence-electron chi connectivity index (χ2n) is 5.33. The summed E-state index contributed by atoms with van der Waals surface area (Å²) >= 11 is 0. The number of hydrogen-bond acceptors (Lipinski definition) is 3. The van der Waals surface area contributed by atoms with Crippen LogP contribution in [0, 0.1) is 5.92 Å². The Balaban J connectivity index is 1.77. The van der Waals surface area contributed by atoms with E-state index in [9.17, 15) is 9.59 Å². The lowest BCUT2D eigenvalue weighted by Gasteiger charge is -2.16. The van der Waals surface area contributed by atoms with Crippen molar-refractivity contribution in [2.45, 2.75) is 12.8 Å². The van der Waals surface area contributed by atoms with E-state index in [-0.39, 0.29) is 12.3 Å². The fourth-order valence-corrected chi connectivity index (χ4v) is 2.77. The SMILES string of the molecule is O=C(O)C1CCN(C(=O)Cc2cccc3cccnc23)C1. The molecule has 108 valence electrons. The first-order chi connectivity index (χ1) is 10.1. The number of likely N-dealkylation sites (tertiary alicyclic amines) is 1. The van der Waals surface area contributed by atoms with Crippen LogP contribution in [0.25, 0.3) is 10.9 Å². The van der Waals surface area contributed by atoms with Crippen LogP contribution in [0.15, 0.2) is 36.5 Å². The third kappa shape index (κ3) is 2.72. The van der Waals surface area contributed by atoms with Gasteiger partial charge in [0, 0.05) is 24.7 Å². The van der Waals surface area contributed by atoms with Gasteiger partial charge in [0.25, 0.3) is 0 Å². The van der Waals surface area contributed by atoms with Crippen molar-refractivity contribution in [2.75, 3.05) is 13.1 Å². The Morgan fingerprint density at radius 2 is 2.10 bits per heavy atom. The van der Waals surface area contributed by atoms with Gasteiger partial charge in [-0.15, -0.1) is 0 Å². The van der Waals surface area contributed by atoms with Gasteiger partial charge in [0.05, 0.1) is 17.9 Å². The zero-order chi connectivity index (χ0) is 14.8. The van der Waals surface area contributed by atoms with Crippen molar-refractivity contribution < 1.29 is 14.7 Å². The molecule has 1 saturated heterocycles. The van der Waals surface area contributed by atoms with E-state index in [0.717, 1.165) is 16.5 Å². The van der Waals surface area contributed by atoms with E-state index in [4.69, 9.17) is 5.11 Å². The maximum absolute atomic E-state index is 12.3. The minimum Gasteiger partial charge on any atom is -0.481 e. The third-order valence-electron chi connectivity index (χ3n) is 3.95. The maximum Gasteiger partial charge on any atom is 0.308 e. The molecule has 1 aliphatic heterocycles. The number of pyridine rings is 1. The highest BCUT2D eigenvalue weighted by atomic mass is 16.4. The van der Waals surface area contributed by atoms with Gasteiger partial charge in [-0.3, -0.25) is 14.6 Å². The molecule has 3 rings (SSSR count). The second-order valence-corrected chi connectivity index (χ2v) is 5.33. The van der Waals surface area contributed by atoms with E-state index in [1.165, 1.54) is 0 Å². The van der Waals surface area contributed by atoms with Gasteiger partial charge in [-0.25, -0.2) is 0 Å². The average molecular weight is 284 g/mol. The smallest absolute Gasteiger partial charge is 0.308 e. The molecule has 0 radical (unpaired) electrons. The first-order valence-corrected chi connectivity index (χ1v) is 6.98. The lowest BCUT2D eigenvalue weighted by molar-refractivity contribution is -0.141. The third-order valence-corrected chi connectivity index (χ3v) is 3.95. The van der Waals surface area contributed by atoms with Gasteiger partial charge >= 0.3 is 5.97 Å². The van der Waals surface area contributed by atoms with E-state index >= 15 is 0 Å². The lowest BCUT2D eigenvalue weighted by atomic mass is 10.1. The zero-order valence-electron chi connectivity index (χ0n) is 11.5. The molecule has 1 aromatic heterocycles. The molecule has 2 aromatic rings. The number of carbonyl (C=O) groups excluding carboxylic acids is 1. The number of benzene rings is 1. The normalized spacial score (nSPS) is 18.1. The minimum absolute atomic E-state index is 0.0306. The Morgan fingerprint density at radius 3 is 2.86 bits per heavy atom. The summed E-state index contributed by atoms with van der Waals surface area (Å²) in [5, 5.41) is 10.0. The molecular weight excluding hydrogens is 268 g/mol. The molecule has 0 saturated carbocycles. The van der Waals surface area contributed by atoms with Gasteiger partial charge < -0.3 is 10.0 Å². The largest absolute Gasteiger partial charge is 0.481 e. The van der Waals surface area contributed by atoms with Gasteiger partial charge in [0.2, 0.25) is 5.91 Å². The molecule has 5 heteroatoms. The fourth-order valence-electron chi connectivity index (χ4n) is 2.77. The Morgan fingerprint density at radius 1 is 1.29 bits per heavy atom. The monoisotopic (exact) mass is 284 g/mol. The summed E-state index contributed by atoms with van der Waals surface area (Å²) in [4.78, 5) is 29.3. The summed E-state index contributed by atoms with van der Waals surface area (Å²) in [6.45, 7) is 0.834. The molecule has 1 aromatic carbocycles. The topological polar surface area (TPSA) is 70.5 Å². The molecule has 1 aliphatic rings. The molecule has 1 fully saturated rings. The van der Waals surface area contributed by atoms with Crippen molar-refractivity contribution in [3.8, 4) is 0 Å². The number of amides is 1. The maximum atomic E-state index is 12.3. The standard InChI is InChI=1S/C16H16N2O3/c19-14(18-8-6-13(10-18)16(20)21)9-12-4-1-3-11-5-2-7-17-15(11)12/h1-5,7,13H,6,8-10H2,(H,20,21). The molecule has 2 heterocycles. The first kappa shape index (κ1) is 13.5. The van der Waals surface area contributed by atoms with E-state index in [2.05, 4.69) is 4.98 Å². The summed E-state index contributed by atoms with van der Waals surface area (Å²) in [5.41, 5.74) is 1.72. The van der Waals surface area contributed by atoms with E-state index < -0.39 is 11.9 Å². The molecule has 0 aliphatic carbocycles. The zero-order valence-corrected chi connectivity index (χ0v) is 11.5. The molecule has 1 amide bonds. The Hall–Kier alpha value is -2.43. The minimum atomic E-state index is -0.822. The van der Waals surface area contributed by atoms with Crippen molar-refractivity contribution >= 4 is 22.8 Å². The van der Waals surface area contributed by atoms with Crippen LogP contribution in [0.1, 0.15) is 12.0 Å². The number of rotatable bonds is 3. The molecule has 0 spiro atoms. The van der Waals surface area contributed by atoms with Crippen LogP contribution < -0.4 is 0 Å². The second kappa shape index (κ2) is 5.52. The van der Waals surface area contributed by atoms with Gasteiger partial charge in [0.15, 0.2) is 0 Å². The quantitative estimate of drug-likeness (QED) is 0.931. The van der Waals surface area contributed by atoms with Crippen LogP contribution in [0.4, 0.5) is 0 Å². The number of carboxylic acid groups (broad SMARTS) is 1. The van der Waals surface area contributed by atoms with E-state index in [0.29, 0.717) is 19.5 Å².